The van der Waals surface area contributed by atoms with Crippen LogP contribution in [0.3, 0.4) is 0 Å². The van der Waals surface area contributed by atoms with E-state index in [1.165, 1.54) is 24.6 Å². The van der Waals surface area contributed by atoms with E-state index in [-0.39, 0.29) is 0 Å². The normalized spacial score (nSPS) is 33.9. The van der Waals surface area contributed by atoms with Gasteiger partial charge in [-0.3, -0.25) is 4.79 Å². The fourth-order valence-electron chi connectivity index (χ4n) is 2.58. The zero-order valence-corrected chi connectivity index (χ0v) is 9.13. The van der Waals surface area contributed by atoms with Crippen molar-refractivity contribution < 1.29 is 4.79 Å². The highest BCUT2D eigenvalue weighted by atomic mass is 32.2. The van der Waals surface area contributed by atoms with Crippen molar-refractivity contribution in [2.45, 2.75) is 19.3 Å². The van der Waals surface area contributed by atoms with Gasteiger partial charge in [0.2, 0.25) is 0 Å². The Kier molecular flexibility index (Phi) is 3.29. The largest absolute Gasteiger partial charge is 0.330 e. The summed E-state index contributed by atoms with van der Waals surface area (Å²) in [6, 6.07) is 0. The van der Waals surface area contributed by atoms with E-state index < -0.39 is 0 Å². The molecule has 0 aromatic rings. The van der Waals surface area contributed by atoms with Crippen LogP contribution in [0.2, 0.25) is 0 Å². The molecule has 2 N–H and O–H groups in total. The summed E-state index contributed by atoms with van der Waals surface area (Å²) in [4.78, 5) is 11.5. The van der Waals surface area contributed by atoms with Crippen molar-refractivity contribution in [3.63, 3.8) is 0 Å². The summed E-state index contributed by atoms with van der Waals surface area (Å²) >= 11 is 1.40. The molecule has 0 aliphatic heterocycles. The van der Waals surface area contributed by atoms with Gasteiger partial charge in [0.05, 0.1) is 0 Å². The standard InChI is InChI=1S/C11H17NOS/c12-3-4-14-11(13)7-10-6-8-1-2-9(10)5-8/h1-2,8-10H,3-7,12H2. The first kappa shape index (κ1) is 10.2. The molecule has 0 heterocycles. The van der Waals surface area contributed by atoms with E-state index in [0.717, 1.165) is 18.1 Å². The Morgan fingerprint density at radius 3 is 2.86 bits per heavy atom. The topological polar surface area (TPSA) is 43.1 Å². The molecule has 0 saturated heterocycles. The van der Waals surface area contributed by atoms with Crippen LogP contribution in [0, 0.1) is 17.8 Å². The second kappa shape index (κ2) is 4.49. The SMILES string of the molecule is NCCSC(=O)CC1CC2C=CC1C2. The Balaban J connectivity index is 1.76. The number of hydrogen-bond acceptors (Lipinski definition) is 3. The second-order valence-corrected chi connectivity index (χ2v) is 5.41. The number of allylic oxidation sites excluding steroid dienone is 2. The van der Waals surface area contributed by atoms with Gasteiger partial charge in [0.1, 0.15) is 0 Å². The quantitative estimate of drug-likeness (QED) is 0.721. The minimum Gasteiger partial charge on any atom is -0.330 e. The smallest absolute Gasteiger partial charge is 0.189 e. The molecule has 2 aliphatic carbocycles. The number of carbonyl (C=O) groups is 1. The van der Waals surface area contributed by atoms with Crippen LogP contribution in [0.15, 0.2) is 12.2 Å². The van der Waals surface area contributed by atoms with E-state index >= 15 is 0 Å². The predicted octanol–water partition coefficient (Wildman–Crippen LogP) is 1.81. The Hall–Kier alpha value is -0.280. The zero-order chi connectivity index (χ0) is 9.97. The zero-order valence-electron chi connectivity index (χ0n) is 8.32. The van der Waals surface area contributed by atoms with Crippen molar-refractivity contribution in [2.75, 3.05) is 12.3 Å². The lowest BCUT2D eigenvalue weighted by Gasteiger charge is -2.16. The van der Waals surface area contributed by atoms with E-state index in [4.69, 9.17) is 5.73 Å². The van der Waals surface area contributed by atoms with Gasteiger partial charge < -0.3 is 5.73 Å². The summed E-state index contributed by atoms with van der Waals surface area (Å²) in [5, 5.41) is 0.335. The fraction of sp³-hybridized carbons (Fsp3) is 0.727. The first-order valence-corrected chi connectivity index (χ1v) is 6.32. The maximum Gasteiger partial charge on any atom is 0.189 e. The Bertz CT molecular complexity index is 252. The molecule has 0 aromatic heterocycles. The molecule has 0 aromatic carbocycles. The van der Waals surface area contributed by atoms with Gasteiger partial charge in [-0.25, -0.2) is 0 Å². The third kappa shape index (κ3) is 2.20. The van der Waals surface area contributed by atoms with Gasteiger partial charge in [0, 0.05) is 18.7 Å². The van der Waals surface area contributed by atoms with Crippen LogP contribution in [-0.2, 0) is 4.79 Å². The van der Waals surface area contributed by atoms with Gasteiger partial charge in [-0.2, -0.15) is 0 Å². The third-order valence-corrected chi connectivity index (χ3v) is 4.15. The molecule has 14 heavy (non-hydrogen) atoms. The number of fused-ring (bicyclic) bond motifs is 2. The molecule has 3 atom stereocenters. The Morgan fingerprint density at radius 1 is 1.43 bits per heavy atom. The number of carbonyl (C=O) groups excluding carboxylic acids is 1. The van der Waals surface area contributed by atoms with Crippen LogP contribution in [0.1, 0.15) is 19.3 Å². The highest BCUT2D eigenvalue weighted by Crippen LogP contribution is 2.45. The molecule has 2 rings (SSSR count). The maximum absolute atomic E-state index is 11.5. The molecule has 2 bridgehead atoms. The fourth-order valence-corrected chi connectivity index (χ4v) is 3.25. The van der Waals surface area contributed by atoms with E-state index in [0.29, 0.717) is 23.5 Å². The van der Waals surface area contributed by atoms with Gasteiger partial charge in [0.15, 0.2) is 5.12 Å². The molecule has 0 spiro atoms. The molecule has 2 nitrogen and oxygen atoms in total. The maximum atomic E-state index is 11.5. The first-order chi connectivity index (χ1) is 6.79. The van der Waals surface area contributed by atoms with Gasteiger partial charge in [-0.05, 0) is 30.6 Å². The molecule has 3 unspecified atom stereocenters. The van der Waals surface area contributed by atoms with Gasteiger partial charge in [0.25, 0.3) is 0 Å². The molecule has 2 aliphatic rings. The second-order valence-electron chi connectivity index (χ2n) is 4.25. The van der Waals surface area contributed by atoms with Crippen molar-refractivity contribution in [2.24, 2.45) is 23.5 Å². The van der Waals surface area contributed by atoms with E-state index in [1.807, 2.05) is 0 Å². The predicted molar refractivity (Wildman–Crippen MR) is 60.0 cm³/mol. The van der Waals surface area contributed by atoms with Crippen LogP contribution in [0.25, 0.3) is 0 Å². The van der Waals surface area contributed by atoms with Gasteiger partial charge in [-0.1, -0.05) is 23.9 Å². The number of hydrogen-bond donors (Lipinski definition) is 1. The molecular weight excluding hydrogens is 194 g/mol. The Morgan fingerprint density at radius 2 is 2.29 bits per heavy atom. The van der Waals surface area contributed by atoms with E-state index in [2.05, 4.69) is 12.2 Å². The van der Waals surface area contributed by atoms with Crippen LogP contribution in [-0.4, -0.2) is 17.4 Å². The average molecular weight is 211 g/mol. The monoisotopic (exact) mass is 211 g/mol. The summed E-state index contributed by atoms with van der Waals surface area (Å²) in [5.74, 6) is 2.87. The Labute approximate surface area is 89.3 Å². The minimum atomic E-state index is 0.335. The van der Waals surface area contributed by atoms with Crippen LogP contribution < -0.4 is 5.73 Å². The summed E-state index contributed by atoms with van der Waals surface area (Å²) in [7, 11) is 0. The van der Waals surface area contributed by atoms with Crippen molar-refractivity contribution in [1.29, 1.82) is 0 Å². The molecular formula is C11H17NOS. The summed E-state index contributed by atoms with van der Waals surface area (Å²) < 4.78 is 0. The summed E-state index contributed by atoms with van der Waals surface area (Å²) in [5.41, 5.74) is 5.36. The van der Waals surface area contributed by atoms with Crippen molar-refractivity contribution in [1.82, 2.24) is 0 Å². The minimum absolute atomic E-state index is 0.335. The van der Waals surface area contributed by atoms with E-state index in [1.54, 1.807) is 0 Å². The molecule has 3 heteroatoms. The van der Waals surface area contributed by atoms with Gasteiger partial charge >= 0.3 is 0 Å². The molecule has 0 radical (unpaired) electrons. The van der Waals surface area contributed by atoms with Crippen LogP contribution in [0.5, 0.6) is 0 Å². The molecule has 78 valence electrons. The van der Waals surface area contributed by atoms with E-state index in [9.17, 15) is 4.79 Å². The summed E-state index contributed by atoms with van der Waals surface area (Å²) in [6.45, 7) is 0.604. The van der Waals surface area contributed by atoms with Crippen LogP contribution in [0.4, 0.5) is 0 Å². The number of rotatable bonds is 4. The first-order valence-electron chi connectivity index (χ1n) is 5.33. The lowest BCUT2D eigenvalue weighted by Crippen LogP contribution is -2.12. The highest BCUT2D eigenvalue weighted by molar-refractivity contribution is 8.13. The van der Waals surface area contributed by atoms with Crippen molar-refractivity contribution in [3.05, 3.63) is 12.2 Å². The summed E-state index contributed by atoms with van der Waals surface area (Å²) in [6.07, 6.45) is 7.91. The third-order valence-electron chi connectivity index (χ3n) is 3.23. The lowest BCUT2D eigenvalue weighted by atomic mass is 9.91. The average Bonchev–Trinajstić information content (AvgIpc) is 2.76. The number of thioether (sulfide) groups is 1. The highest BCUT2D eigenvalue weighted by Gasteiger charge is 2.36. The van der Waals surface area contributed by atoms with Gasteiger partial charge in [-0.15, -0.1) is 0 Å². The molecule has 1 fully saturated rings. The lowest BCUT2D eigenvalue weighted by molar-refractivity contribution is -0.111. The van der Waals surface area contributed by atoms with Crippen molar-refractivity contribution in [3.8, 4) is 0 Å². The molecule has 1 saturated carbocycles. The number of nitrogens with two attached hydrogens (primary N) is 1. The van der Waals surface area contributed by atoms with Crippen molar-refractivity contribution >= 4 is 16.9 Å². The molecule has 0 amide bonds. The van der Waals surface area contributed by atoms with Crippen LogP contribution >= 0.6 is 11.8 Å².